The number of hydrogen-bond donors (Lipinski definition) is 0. The SMILES string of the molecule is O=Cc1ccc([O-])cc1.[K]. The average Bonchev–Trinajstić information content (AvgIpc) is 1.90. The van der Waals surface area contributed by atoms with Crippen LogP contribution in [0, 0.1) is 0 Å². The van der Waals surface area contributed by atoms with Gasteiger partial charge in [0.05, 0.1) is 0 Å². The zero-order valence-corrected chi connectivity index (χ0v) is 8.83. The van der Waals surface area contributed by atoms with E-state index in [9.17, 15) is 9.90 Å². The maximum absolute atomic E-state index is 10.4. The monoisotopic (exact) mass is 160 g/mol. The molecule has 0 amide bonds. The summed E-state index contributed by atoms with van der Waals surface area (Å²) in [6.07, 6.45) is 0.708. The molecule has 10 heavy (non-hydrogen) atoms. The minimum Gasteiger partial charge on any atom is -0.872 e. The summed E-state index contributed by atoms with van der Waals surface area (Å²) in [5, 5.41) is 10.4. The first-order valence-corrected chi connectivity index (χ1v) is 2.55. The van der Waals surface area contributed by atoms with Gasteiger partial charge in [0.2, 0.25) is 0 Å². The molecule has 0 atom stereocenters. The van der Waals surface area contributed by atoms with E-state index in [1.54, 1.807) is 0 Å². The van der Waals surface area contributed by atoms with E-state index in [0.717, 1.165) is 0 Å². The van der Waals surface area contributed by atoms with Crippen molar-refractivity contribution in [1.82, 2.24) is 0 Å². The molecule has 1 aromatic carbocycles. The standard InChI is InChI=1S/C7H6O2.K/c8-5-6-1-3-7(9)4-2-6;/h1-5,9H;/p-1. The number of carbonyl (C=O) groups is 1. The third-order valence-corrected chi connectivity index (χ3v) is 1.02. The second-order valence-corrected chi connectivity index (χ2v) is 1.69. The van der Waals surface area contributed by atoms with Crippen molar-refractivity contribution < 1.29 is 9.90 Å². The Morgan fingerprint density at radius 1 is 1.20 bits per heavy atom. The molecule has 0 aliphatic carbocycles. The molecule has 0 aromatic heterocycles. The summed E-state index contributed by atoms with van der Waals surface area (Å²) in [4.78, 5) is 10.0. The molecule has 0 saturated carbocycles. The molecular weight excluding hydrogens is 155 g/mol. The van der Waals surface area contributed by atoms with E-state index >= 15 is 0 Å². The van der Waals surface area contributed by atoms with Crippen LogP contribution in [-0.4, -0.2) is 57.7 Å². The van der Waals surface area contributed by atoms with Crippen LogP contribution < -0.4 is 5.11 Å². The van der Waals surface area contributed by atoms with Crippen LogP contribution in [0.3, 0.4) is 0 Å². The van der Waals surface area contributed by atoms with Gasteiger partial charge in [-0.2, -0.15) is 0 Å². The van der Waals surface area contributed by atoms with E-state index in [1.165, 1.54) is 24.3 Å². The third kappa shape index (κ3) is 2.94. The summed E-state index contributed by atoms with van der Waals surface area (Å²) in [6, 6.07) is 5.72. The molecule has 0 unspecified atom stereocenters. The normalized spacial score (nSPS) is 8.00. The van der Waals surface area contributed by atoms with Crippen molar-refractivity contribution in [2.24, 2.45) is 0 Å². The van der Waals surface area contributed by atoms with E-state index < -0.39 is 0 Å². The smallest absolute Gasteiger partial charge is 0.150 e. The Balaban J connectivity index is 0.000000810. The Hall–Kier alpha value is 0.326. The largest absolute Gasteiger partial charge is 0.872 e. The fraction of sp³-hybridized carbons (Fsp3) is 0. The van der Waals surface area contributed by atoms with Crippen LogP contribution in [-0.2, 0) is 0 Å². The van der Waals surface area contributed by atoms with E-state index in [4.69, 9.17) is 0 Å². The molecule has 0 N–H and O–H groups in total. The molecule has 0 spiro atoms. The van der Waals surface area contributed by atoms with Gasteiger partial charge in [-0.15, -0.1) is 5.75 Å². The van der Waals surface area contributed by atoms with Gasteiger partial charge in [0.15, 0.2) is 0 Å². The maximum Gasteiger partial charge on any atom is 0.150 e. The first-order valence-electron chi connectivity index (χ1n) is 2.55. The molecule has 0 aliphatic heterocycles. The van der Waals surface area contributed by atoms with Crippen molar-refractivity contribution in [3.05, 3.63) is 29.8 Å². The summed E-state index contributed by atoms with van der Waals surface area (Å²) in [5.74, 6) is -0.0689. The molecule has 1 aromatic rings. The second-order valence-electron chi connectivity index (χ2n) is 1.69. The van der Waals surface area contributed by atoms with Crippen molar-refractivity contribution in [2.45, 2.75) is 0 Å². The van der Waals surface area contributed by atoms with Gasteiger partial charge in [0.25, 0.3) is 0 Å². The fourth-order valence-electron chi connectivity index (χ4n) is 0.546. The number of hydrogen-bond acceptors (Lipinski definition) is 2. The zero-order chi connectivity index (χ0) is 6.69. The van der Waals surface area contributed by atoms with E-state index in [1.807, 2.05) is 0 Å². The minimum atomic E-state index is -0.0689. The van der Waals surface area contributed by atoms with Gasteiger partial charge in [-0.3, -0.25) is 4.79 Å². The second kappa shape index (κ2) is 5.04. The predicted molar refractivity (Wildman–Crippen MR) is 37.0 cm³/mol. The summed E-state index contributed by atoms with van der Waals surface area (Å²) >= 11 is 0. The molecule has 2 nitrogen and oxygen atoms in total. The summed E-state index contributed by atoms with van der Waals surface area (Å²) in [5.41, 5.74) is 0.537. The molecule has 0 bridgehead atoms. The molecule has 1 radical (unpaired) electrons. The fourth-order valence-corrected chi connectivity index (χ4v) is 0.546. The number of benzene rings is 1. The molecule has 0 aliphatic rings. The van der Waals surface area contributed by atoms with Gasteiger partial charge in [0.1, 0.15) is 6.29 Å². The van der Waals surface area contributed by atoms with Crippen LogP contribution in [0.25, 0.3) is 0 Å². The molecule has 0 saturated heterocycles. The molecule has 47 valence electrons. The van der Waals surface area contributed by atoms with Crippen LogP contribution in [0.4, 0.5) is 0 Å². The Bertz CT molecular complexity index is 205. The van der Waals surface area contributed by atoms with Crippen molar-refractivity contribution in [2.75, 3.05) is 0 Å². The molecule has 3 heteroatoms. The quantitative estimate of drug-likeness (QED) is 0.434. The topological polar surface area (TPSA) is 40.1 Å². The Kier molecular flexibility index (Phi) is 5.20. The van der Waals surface area contributed by atoms with Gasteiger partial charge in [-0.1, -0.05) is 24.3 Å². The summed E-state index contributed by atoms with van der Waals surface area (Å²) in [6.45, 7) is 0. The van der Waals surface area contributed by atoms with E-state index in [-0.39, 0.29) is 57.1 Å². The van der Waals surface area contributed by atoms with Crippen LogP contribution in [0.15, 0.2) is 24.3 Å². The predicted octanol–water partition coefficient (Wildman–Crippen LogP) is 0.192. The average molecular weight is 160 g/mol. The van der Waals surface area contributed by atoms with Crippen molar-refractivity contribution in [3.63, 3.8) is 0 Å². The molecular formula is C7H5KO2-. The first-order chi connectivity index (χ1) is 4.33. The maximum atomic E-state index is 10.4. The Morgan fingerprint density at radius 3 is 2.10 bits per heavy atom. The molecule has 1 rings (SSSR count). The van der Waals surface area contributed by atoms with Crippen molar-refractivity contribution in [3.8, 4) is 5.75 Å². The summed E-state index contributed by atoms with van der Waals surface area (Å²) < 4.78 is 0. The van der Waals surface area contributed by atoms with E-state index in [2.05, 4.69) is 0 Å². The van der Waals surface area contributed by atoms with Gasteiger partial charge < -0.3 is 5.11 Å². The Morgan fingerprint density at radius 2 is 1.70 bits per heavy atom. The minimum absolute atomic E-state index is 0. The van der Waals surface area contributed by atoms with Crippen LogP contribution in [0.2, 0.25) is 0 Å². The third-order valence-electron chi connectivity index (χ3n) is 1.02. The molecule has 0 fully saturated rings. The van der Waals surface area contributed by atoms with Crippen LogP contribution in [0.5, 0.6) is 5.75 Å². The Labute approximate surface area is 102 Å². The van der Waals surface area contributed by atoms with Crippen molar-refractivity contribution in [1.29, 1.82) is 0 Å². The molecule has 0 heterocycles. The number of aldehydes is 1. The van der Waals surface area contributed by atoms with Crippen LogP contribution >= 0.6 is 0 Å². The van der Waals surface area contributed by atoms with E-state index in [0.29, 0.717) is 11.8 Å². The number of carbonyl (C=O) groups excluding carboxylic acids is 1. The summed E-state index contributed by atoms with van der Waals surface area (Å²) in [7, 11) is 0. The van der Waals surface area contributed by atoms with Crippen molar-refractivity contribution >= 4 is 57.7 Å². The van der Waals surface area contributed by atoms with Gasteiger partial charge in [0, 0.05) is 56.9 Å². The van der Waals surface area contributed by atoms with Gasteiger partial charge in [-0.25, -0.2) is 0 Å². The zero-order valence-electron chi connectivity index (χ0n) is 5.70. The van der Waals surface area contributed by atoms with Gasteiger partial charge in [-0.05, 0) is 0 Å². The first kappa shape index (κ1) is 10.3. The number of rotatable bonds is 1. The van der Waals surface area contributed by atoms with Crippen LogP contribution in [0.1, 0.15) is 10.4 Å². The van der Waals surface area contributed by atoms with Gasteiger partial charge >= 0.3 is 0 Å².